The fourth-order valence-corrected chi connectivity index (χ4v) is 4.01. The molecule has 2 N–H and O–H groups in total. The largest absolute Gasteiger partial charge is 0.396 e. The van der Waals surface area contributed by atoms with Gasteiger partial charge in [-0.25, -0.2) is 0 Å². The van der Waals surface area contributed by atoms with E-state index in [1.165, 1.54) is 16.9 Å². The fourth-order valence-electron chi connectivity index (χ4n) is 2.90. The smallest absolute Gasteiger partial charge is 0.261 e. The summed E-state index contributed by atoms with van der Waals surface area (Å²) >= 11 is 1.64. The summed E-state index contributed by atoms with van der Waals surface area (Å²) in [5.41, 5.74) is 1.31. The van der Waals surface area contributed by atoms with E-state index in [1.807, 2.05) is 0 Å². The highest BCUT2D eigenvalue weighted by Crippen LogP contribution is 2.32. The zero-order valence-corrected chi connectivity index (χ0v) is 14.3. The molecule has 0 radical (unpaired) electrons. The molecule has 0 spiro atoms. The predicted octanol–water partition coefficient (Wildman–Crippen LogP) is 3.40. The minimum absolute atomic E-state index is 0.00643. The Labute approximate surface area is 131 Å². The van der Waals surface area contributed by atoms with Crippen molar-refractivity contribution < 1.29 is 9.90 Å². The zero-order chi connectivity index (χ0) is 15.6. The summed E-state index contributed by atoms with van der Waals surface area (Å²) in [6.07, 6.45) is 4.02. The van der Waals surface area contributed by atoms with Crippen LogP contribution in [0.3, 0.4) is 0 Å². The molecule has 21 heavy (non-hydrogen) atoms. The number of aliphatic hydroxyl groups excluding tert-OH is 1. The van der Waals surface area contributed by atoms with E-state index in [9.17, 15) is 9.90 Å². The van der Waals surface area contributed by atoms with Crippen LogP contribution in [0.4, 0.5) is 0 Å². The Bertz CT molecular complexity index is 501. The third-order valence-electron chi connectivity index (χ3n) is 4.32. The Balaban J connectivity index is 2.09. The van der Waals surface area contributed by atoms with Gasteiger partial charge in [0.15, 0.2) is 0 Å². The molecule has 1 aromatic rings. The fraction of sp³-hybridized carbons (Fsp3) is 0.706. The van der Waals surface area contributed by atoms with Crippen LogP contribution < -0.4 is 5.32 Å². The highest BCUT2D eigenvalue weighted by Gasteiger charge is 2.27. The van der Waals surface area contributed by atoms with Gasteiger partial charge in [0, 0.05) is 17.5 Å². The Morgan fingerprint density at radius 2 is 2.24 bits per heavy atom. The van der Waals surface area contributed by atoms with E-state index in [0.29, 0.717) is 6.42 Å². The lowest BCUT2D eigenvalue weighted by molar-refractivity contribution is 0.0889. The summed E-state index contributed by atoms with van der Waals surface area (Å²) in [4.78, 5) is 14.7. The summed E-state index contributed by atoms with van der Waals surface area (Å²) in [6.45, 7) is 8.65. The van der Waals surface area contributed by atoms with Gasteiger partial charge in [0.1, 0.15) is 0 Å². The summed E-state index contributed by atoms with van der Waals surface area (Å²) in [5, 5.41) is 12.3. The first-order valence-electron chi connectivity index (χ1n) is 7.84. The second-order valence-corrected chi connectivity index (χ2v) is 8.45. The van der Waals surface area contributed by atoms with Crippen LogP contribution in [0.5, 0.6) is 0 Å². The Morgan fingerprint density at radius 3 is 2.86 bits per heavy atom. The van der Waals surface area contributed by atoms with Gasteiger partial charge in [-0.1, -0.05) is 27.7 Å². The molecule has 0 fully saturated rings. The molecule has 0 bridgehead atoms. The number of carbonyl (C=O) groups is 1. The van der Waals surface area contributed by atoms with Crippen LogP contribution in [0, 0.1) is 11.3 Å². The molecule has 2 atom stereocenters. The van der Waals surface area contributed by atoms with Crippen LogP contribution in [-0.4, -0.2) is 23.7 Å². The molecule has 1 heterocycles. The minimum atomic E-state index is -0.0518. The molecule has 2 unspecified atom stereocenters. The molecule has 0 saturated heterocycles. The van der Waals surface area contributed by atoms with Crippen molar-refractivity contribution >= 4 is 17.2 Å². The number of thiophene rings is 1. The molecule has 1 aliphatic carbocycles. The second-order valence-electron chi connectivity index (χ2n) is 7.31. The molecule has 0 saturated carbocycles. The summed E-state index contributed by atoms with van der Waals surface area (Å²) in [5.74, 6) is 0.732. The maximum absolute atomic E-state index is 12.5. The SMILES string of the molecule is CC1CCc2sc(C(=O)NC(CCO)C(C)(C)C)cc2C1. The molecule has 118 valence electrons. The molecule has 0 aliphatic heterocycles. The predicted molar refractivity (Wildman–Crippen MR) is 87.9 cm³/mol. The normalized spacial score (nSPS) is 20.0. The third-order valence-corrected chi connectivity index (χ3v) is 5.56. The van der Waals surface area contributed by atoms with E-state index in [2.05, 4.69) is 39.1 Å². The van der Waals surface area contributed by atoms with Crippen LogP contribution in [-0.2, 0) is 12.8 Å². The molecule has 3 nitrogen and oxygen atoms in total. The lowest BCUT2D eigenvalue weighted by atomic mass is 9.85. The standard InChI is InChI=1S/C17H27NO2S/c1-11-5-6-13-12(9-11)10-14(21-13)16(20)18-15(7-8-19)17(2,3)4/h10-11,15,19H,5-9H2,1-4H3,(H,18,20). The monoisotopic (exact) mass is 309 g/mol. The number of nitrogens with one attached hydrogen (secondary N) is 1. The topological polar surface area (TPSA) is 49.3 Å². The van der Waals surface area contributed by atoms with Gasteiger partial charge >= 0.3 is 0 Å². The maximum atomic E-state index is 12.5. The van der Waals surface area contributed by atoms with Crippen molar-refractivity contribution in [1.82, 2.24) is 5.32 Å². The molecular weight excluding hydrogens is 282 g/mol. The van der Waals surface area contributed by atoms with Gasteiger partial charge < -0.3 is 10.4 Å². The molecule has 2 rings (SSSR count). The van der Waals surface area contributed by atoms with Crippen molar-refractivity contribution in [1.29, 1.82) is 0 Å². The van der Waals surface area contributed by atoms with Gasteiger partial charge in [0.05, 0.1) is 4.88 Å². The van der Waals surface area contributed by atoms with Gasteiger partial charge in [0.2, 0.25) is 0 Å². The number of aliphatic hydroxyl groups is 1. The van der Waals surface area contributed by atoms with Crippen LogP contribution in [0.1, 0.15) is 60.6 Å². The first-order valence-corrected chi connectivity index (χ1v) is 8.66. The number of carbonyl (C=O) groups excluding carboxylic acids is 1. The molecule has 0 aromatic carbocycles. The average Bonchev–Trinajstić information content (AvgIpc) is 2.80. The highest BCUT2D eigenvalue weighted by atomic mass is 32.1. The van der Waals surface area contributed by atoms with Crippen LogP contribution >= 0.6 is 11.3 Å². The average molecular weight is 309 g/mol. The van der Waals surface area contributed by atoms with Gasteiger partial charge in [-0.2, -0.15) is 0 Å². The first-order chi connectivity index (χ1) is 9.81. The molecule has 1 aliphatic rings. The number of aryl methyl sites for hydroxylation is 1. The number of hydrogen-bond acceptors (Lipinski definition) is 3. The number of amides is 1. The summed E-state index contributed by atoms with van der Waals surface area (Å²) < 4.78 is 0. The molecule has 1 amide bonds. The number of hydrogen-bond donors (Lipinski definition) is 2. The Kier molecular flexibility index (Phi) is 5.10. The molecule has 4 heteroatoms. The van der Waals surface area contributed by atoms with Crippen LogP contribution in [0.15, 0.2) is 6.07 Å². The van der Waals surface area contributed by atoms with Crippen molar-refractivity contribution in [2.75, 3.05) is 6.61 Å². The van der Waals surface area contributed by atoms with E-state index < -0.39 is 0 Å². The van der Waals surface area contributed by atoms with Gasteiger partial charge in [-0.05, 0) is 48.6 Å². The zero-order valence-electron chi connectivity index (χ0n) is 13.5. The van der Waals surface area contributed by atoms with Crippen molar-refractivity contribution in [2.45, 2.75) is 59.4 Å². The summed E-state index contributed by atoms with van der Waals surface area (Å²) in [7, 11) is 0. The van der Waals surface area contributed by atoms with Crippen molar-refractivity contribution in [3.8, 4) is 0 Å². The van der Waals surface area contributed by atoms with Crippen molar-refractivity contribution in [3.63, 3.8) is 0 Å². The van der Waals surface area contributed by atoms with Gasteiger partial charge in [-0.15, -0.1) is 11.3 Å². The second kappa shape index (κ2) is 6.49. The number of fused-ring (bicyclic) bond motifs is 1. The third kappa shape index (κ3) is 4.07. The van der Waals surface area contributed by atoms with E-state index in [1.54, 1.807) is 11.3 Å². The van der Waals surface area contributed by atoms with E-state index in [4.69, 9.17) is 0 Å². The van der Waals surface area contributed by atoms with Gasteiger partial charge in [0.25, 0.3) is 5.91 Å². The van der Waals surface area contributed by atoms with Crippen molar-refractivity contribution in [3.05, 3.63) is 21.4 Å². The van der Waals surface area contributed by atoms with Crippen molar-refractivity contribution in [2.24, 2.45) is 11.3 Å². The van der Waals surface area contributed by atoms with E-state index in [0.717, 1.165) is 23.6 Å². The Hall–Kier alpha value is -0.870. The molecule has 1 aromatic heterocycles. The van der Waals surface area contributed by atoms with Crippen LogP contribution in [0.2, 0.25) is 0 Å². The lowest BCUT2D eigenvalue weighted by Crippen LogP contribution is -2.44. The van der Waals surface area contributed by atoms with E-state index >= 15 is 0 Å². The first kappa shape index (κ1) is 16.5. The lowest BCUT2D eigenvalue weighted by Gasteiger charge is -2.30. The summed E-state index contributed by atoms with van der Waals surface area (Å²) in [6, 6.07) is 2.07. The quantitative estimate of drug-likeness (QED) is 0.895. The van der Waals surface area contributed by atoms with Crippen LogP contribution in [0.25, 0.3) is 0 Å². The van der Waals surface area contributed by atoms with E-state index in [-0.39, 0.29) is 24.0 Å². The molecular formula is C17H27NO2S. The number of rotatable bonds is 4. The maximum Gasteiger partial charge on any atom is 0.261 e. The minimum Gasteiger partial charge on any atom is -0.396 e. The van der Waals surface area contributed by atoms with Gasteiger partial charge in [-0.3, -0.25) is 4.79 Å². The highest BCUT2D eigenvalue weighted by molar-refractivity contribution is 7.14. The Morgan fingerprint density at radius 1 is 1.52 bits per heavy atom.